The molecule has 0 atom stereocenters. The van der Waals surface area contributed by atoms with Crippen LogP contribution in [0.5, 0.6) is 0 Å². The lowest BCUT2D eigenvalue weighted by atomic mass is 9.99. The number of hydrogen-bond donors (Lipinski definition) is 0. The molecule has 4 heteroatoms. The van der Waals surface area contributed by atoms with Gasteiger partial charge in [-0.15, -0.1) is 0 Å². The molecule has 4 nitrogen and oxygen atoms in total. The Morgan fingerprint density at radius 1 is 0.828 bits per heavy atom. The molecule has 0 saturated heterocycles. The molecule has 134 valence electrons. The summed E-state index contributed by atoms with van der Waals surface area (Å²) in [5.74, 6) is 0. The molecular formula is C25H15N4+. The Kier molecular flexibility index (Phi) is 2.85. The van der Waals surface area contributed by atoms with Crippen molar-refractivity contribution in [3.63, 3.8) is 0 Å². The predicted molar refractivity (Wildman–Crippen MR) is 117 cm³/mol. The van der Waals surface area contributed by atoms with Gasteiger partial charge in [-0.3, -0.25) is 0 Å². The summed E-state index contributed by atoms with van der Waals surface area (Å²) in [6.07, 6.45) is 2.07. The molecule has 29 heavy (non-hydrogen) atoms. The Morgan fingerprint density at radius 2 is 1.66 bits per heavy atom. The van der Waals surface area contributed by atoms with Gasteiger partial charge < -0.3 is 4.40 Å². The monoisotopic (exact) mass is 371 g/mol. The molecule has 6 rings (SSSR count). The van der Waals surface area contributed by atoms with Crippen LogP contribution < -0.4 is 4.57 Å². The highest BCUT2D eigenvalue weighted by molar-refractivity contribution is 6.26. The highest BCUT2D eigenvalue weighted by Gasteiger charge is 2.24. The van der Waals surface area contributed by atoms with Crippen LogP contribution in [0.25, 0.3) is 58.7 Å². The molecule has 0 spiro atoms. The summed E-state index contributed by atoms with van der Waals surface area (Å²) in [4.78, 5) is 7.36. The third-order valence-corrected chi connectivity index (χ3v) is 6.06. The van der Waals surface area contributed by atoms with Crippen molar-refractivity contribution < 1.29 is 4.57 Å². The third kappa shape index (κ3) is 1.83. The van der Waals surface area contributed by atoms with Gasteiger partial charge in [-0.2, -0.15) is 0 Å². The molecule has 0 saturated carbocycles. The van der Waals surface area contributed by atoms with E-state index in [1.54, 1.807) is 0 Å². The smallest absolute Gasteiger partial charge is 0.224 e. The van der Waals surface area contributed by atoms with Crippen LogP contribution in [-0.2, 0) is 7.05 Å². The molecule has 6 aromatic rings. The second kappa shape index (κ2) is 5.22. The highest BCUT2D eigenvalue weighted by Crippen LogP contribution is 2.42. The topological polar surface area (TPSA) is 17.0 Å². The average molecular weight is 371 g/mol. The van der Waals surface area contributed by atoms with Gasteiger partial charge in [0.25, 0.3) is 0 Å². The van der Waals surface area contributed by atoms with E-state index in [9.17, 15) is 0 Å². The minimum Gasteiger partial charge on any atom is -0.309 e. The molecule has 0 N–H and O–H groups in total. The fourth-order valence-corrected chi connectivity index (χ4v) is 4.82. The van der Waals surface area contributed by atoms with Gasteiger partial charge in [0.05, 0.1) is 40.5 Å². The van der Waals surface area contributed by atoms with E-state index in [1.807, 2.05) is 30.3 Å². The highest BCUT2D eigenvalue weighted by atomic mass is 15.0. The van der Waals surface area contributed by atoms with Crippen LogP contribution in [0.15, 0.2) is 54.7 Å². The van der Waals surface area contributed by atoms with Gasteiger partial charge in [0.15, 0.2) is 17.6 Å². The van der Waals surface area contributed by atoms with E-state index in [1.165, 1.54) is 16.5 Å². The zero-order chi connectivity index (χ0) is 19.9. The quantitative estimate of drug-likeness (QED) is 0.130. The van der Waals surface area contributed by atoms with Gasteiger partial charge in [-0.05, 0) is 47.5 Å². The maximum atomic E-state index is 7.59. The minimum atomic E-state index is 0.635. The molecular weight excluding hydrogens is 356 g/mol. The molecule has 0 unspecified atom stereocenters. The summed E-state index contributed by atoms with van der Waals surface area (Å²) in [5, 5.41) is 5.67. The van der Waals surface area contributed by atoms with Gasteiger partial charge in [0.2, 0.25) is 5.52 Å². The summed E-state index contributed by atoms with van der Waals surface area (Å²) < 4.78 is 4.46. The summed E-state index contributed by atoms with van der Waals surface area (Å²) >= 11 is 0. The number of aromatic nitrogens is 2. The molecule has 0 aliphatic rings. The van der Waals surface area contributed by atoms with Gasteiger partial charge >= 0.3 is 0 Å². The van der Waals surface area contributed by atoms with E-state index < -0.39 is 0 Å². The molecule has 0 bridgehead atoms. The standard InChI is InChI=1S/C25H15N4/c1-14-5-7-18-19-12-16(26-2)6-8-20(19)29-21-13-17(27-3)11-15-9-10-28(4)25(23(15)21)22(14)24(18)29/h5-13H,1,4H3/q+1. The first kappa shape index (κ1) is 15.9. The molecule has 3 aromatic carbocycles. The first-order valence-electron chi connectivity index (χ1n) is 9.42. The van der Waals surface area contributed by atoms with E-state index in [4.69, 9.17) is 13.1 Å². The van der Waals surface area contributed by atoms with Crippen molar-refractivity contribution in [2.24, 2.45) is 7.05 Å². The Bertz CT molecular complexity index is 1740. The van der Waals surface area contributed by atoms with Crippen LogP contribution in [0.4, 0.5) is 11.4 Å². The van der Waals surface area contributed by atoms with Crippen molar-refractivity contribution in [3.8, 4) is 0 Å². The van der Waals surface area contributed by atoms with Crippen LogP contribution in [-0.4, -0.2) is 4.40 Å². The zero-order valence-corrected chi connectivity index (χ0v) is 16.0. The first-order chi connectivity index (χ1) is 14.1. The Hall–Kier alpha value is -4.15. The van der Waals surface area contributed by atoms with Crippen LogP contribution in [0.1, 0.15) is 5.56 Å². The molecule has 0 aliphatic heterocycles. The van der Waals surface area contributed by atoms with Crippen LogP contribution in [0.3, 0.4) is 0 Å². The summed E-state index contributed by atoms with van der Waals surface area (Å²) in [6.45, 7) is 17.2. The second-order valence-corrected chi connectivity index (χ2v) is 7.62. The number of benzene rings is 3. The predicted octanol–water partition coefficient (Wildman–Crippen LogP) is 6.22. The van der Waals surface area contributed by atoms with E-state index in [2.05, 4.69) is 57.0 Å². The van der Waals surface area contributed by atoms with Crippen molar-refractivity contribution in [1.82, 2.24) is 4.40 Å². The molecule has 0 aliphatic carbocycles. The number of aryl methyl sites for hydroxylation is 2. The number of pyridine rings is 2. The van der Waals surface area contributed by atoms with E-state index in [0.717, 1.165) is 38.1 Å². The summed E-state index contributed by atoms with van der Waals surface area (Å²) in [6, 6.07) is 16.3. The summed E-state index contributed by atoms with van der Waals surface area (Å²) in [5.41, 5.74) is 6.93. The second-order valence-electron chi connectivity index (χ2n) is 7.62. The fourth-order valence-electron chi connectivity index (χ4n) is 4.82. The lowest BCUT2D eigenvalue weighted by molar-refractivity contribution is -0.643. The number of rotatable bonds is 0. The lowest BCUT2D eigenvalue weighted by Gasteiger charge is -2.13. The minimum absolute atomic E-state index is 0.635. The first-order valence-corrected chi connectivity index (χ1v) is 9.42. The number of fused-ring (bicyclic) bond motifs is 5. The fraction of sp³-hybridized carbons (Fsp3) is 0.0800. The van der Waals surface area contributed by atoms with Crippen molar-refractivity contribution in [2.75, 3.05) is 0 Å². The van der Waals surface area contributed by atoms with Gasteiger partial charge in [0, 0.05) is 11.5 Å². The summed E-state index contributed by atoms with van der Waals surface area (Å²) in [7, 11) is 2.08. The van der Waals surface area contributed by atoms with Crippen molar-refractivity contribution in [3.05, 3.63) is 83.1 Å². The Balaban J connectivity index is 2.10. The third-order valence-electron chi connectivity index (χ3n) is 6.06. The van der Waals surface area contributed by atoms with Gasteiger partial charge in [-0.1, -0.05) is 18.2 Å². The number of nitrogens with zero attached hydrogens (tertiary/aromatic N) is 4. The van der Waals surface area contributed by atoms with Crippen LogP contribution in [0, 0.1) is 20.1 Å². The molecule has 0 radical (unpaired) electrons. The normalized spacial score (nSPS) is 11.7. The van der Waals surface area contributed by atoms with Crippen molar-refractivity contribution in [1.29, 1.82) is 0 Å². The van der Waals surface area contributed by atoms with Gasteiger partial charge in [-0.25, -0.2) is 14.3 Å². The van der Waals surface area contributed by atoms with Gasteiger partial charge in [0.1, 0.15) is 7.05 Å². The van der Waals surface area contributed by atoms with Crippen LogP contribution >= 0.6 is 0 Å². The van der Waals surface area contributed by atoms with Crippen molar-refractivity contribution >= 4 is 60.4 Å². The lowest BCUT2D eigenvalue weighted by Crippen LogP contribution is -2.28. The van der Waals surface area contributed by atoms with E-state index in [-0.39, 0.29) is 0 Å². The average Bonchev–Trinajstić information content (AvgIpc) is 3.07. The molecule has 3 heterocycles. The maximum absolute atomic E-state index is 7.59. The van der Waals surface area contributed by atoms with E-state index in [0.29, 0.717) is 11.4 Å². The SMILES string of the molecule is [C-]#[N+]c1ccc2c(c1)c1ccc(C)c3c1n2c1cc([N+]#[C-])cc2cc[n+](C)c3c21. The maximum Gasteiger partial charge on any atom is 0.224 e. The number of hydrogen-bond acceptors (Lipinski definition) is 0. The van der Waals surface area contributed by atoms with Crippen LogP contribution in [0.2, 0.25) is 0 Å². The largest absolute Gasteiger partial charge is 0.309 e. The molecule has 3 aromatic heterocycles. The zero-order valence-electron chi connectivity index (χ0n) is 16.0. The van der Waals surface area contributed by atoms with E-state index >= 15 is 0 Å². The molecule has 0 amide bonds. The Labute approximate surface area is 166 Å². The van der Waals surface area contributed by atoms with Crippen molar-refractivity contribution in [2.45, 2.75) is 6.92 Å². The Morgan fingerprint density at radius 3 is 2.45 bits per heavy atom. The molecule has 0 fully saturated rings.